The summed E-state index contributed by atoms with van der Waals surface area (Å²) < 4.78 is 5.63. The topological polar surface area (TPSA) is 81.4 Å². The molecule has 0 aliphatic rings. The Labute approximate surface area is 148 Å². The van der Waals surface area contributed by atoms with Crippen LogP contribution < -0.4 is 15.8 Å². The van der Waals surface area contributed by atoms with E-state index in [1.54, 1.807) is 25.1 Å². The van der Waals surface area contributed by atoms with E-state index in [2.05, 4.69) is 19.2 Å². The van der Waals surface area contributed by atoms with Gasteiger partial charge in [-0.2, -0.15) is 0 Å². The van der Waals surface area contributed by atoms with Gasteiger partial charge in [0.1, 0.15) is 5.75 Å². The number of nitrogens with two attached hydrogens (primary N) is 1. The molecular weight excluding hydrogens is 316 g/mol. The Bertz CT molecular complexity index is 752. The highest BCUT2D eigenvalue weighted by molar-refractivity contribution is 5.98. The Balaban J connectivity index is 1.99. The van der Waals surface area contributed by atoms with Crippen LogP contribution in [0.2, 0.25) is 0 Å². The van der Waals surface area contributed by atoms with Crippen molar-refractivity contribution in [1.29, 1.82) is 0 Å². The molecule has 25 heavy (non-hydrogen) atoms. The van der Waals surface area contributed by atoms with Crippen LogP contribution in [-0.2, 0) is 11.2 Å². The molecule has 0 bridgehead atoms. The smallest absolute Gasteiger partial charge is 0.249 e. The van der Waals surface area contributed by atoms with E-state index < -0.39 is 5.91 Å². The minimum atomic E-state index is -0.509. The van der Waals surface area contributed by atoms with Gasteiger partial charge in [0.2, 0.25) is 11.8 Å². The number of hydrogen-bond donors (Lipinski definition) is 2. The van der Waals surface area contributed by atoms with Crippen LogP contribution in [0.25, 0.3) is 0 Å². The second-order valence-electron chi connectivity index (χ2n) is 6.42. The van der Waals surface area contributed by atoms with Gasteiger partial charge in [0.25, 0.3) is 0 Å². The molecule has 2 aromatic rings. The predicted octanol–water partition coefficient (Wildman–Crippen LogP) is 3.31. The molecule has 0 saturated carbocycles. The minimum absolute atomic E-state index is 0.152. The SMILES string of the molecule is Cc1c(NC(=O)Cc2ccc(OCC(C)C)cc2)cccc1C(N)=O. The third-order valence-corrected chi connectivity index (χ3v) is 3.74. The molecule has 132 valence electrons. The Kier molecular flexibility index (Phi) is 6.17. The van der Waals surface area contributed by atoms with Gasteiger partial charge in [0.05, 0.1) is 13.0 Å². The van der Waals surface area contributed by atoms with Crippen molar-refractivity contribution in [1.82, 2.24) is 0 Å². The molecule has 0 aliphatic carbocycles. The van der Waals surface area contributed by atoms with Crippen LogP contribution in [0.5, 0.6) is 5.75 Å². The highest BCUT2D eigenvalue weighted by Gasteiger charge is 2.11. The highest BCUT2D eigenvalue weighted by Crippen LogP contribution is 2.19. The van der Waals surface area contributed by atoms with Crippen molar-refractivity contribution in [3.63, 3.8) is 0 Å². The third kappa shape index (κ3) is 5.35. The van der Waals surface area contributed by atoms with Gasteiger partial charge < -0.3 is 15.8 Å². The summed E-state index contributed by atoms with van der Waals surface area (Å²) in [6, 6.07) is 12.6. The van der Waals surface area contributed by atoms with Gasteiger partial charge in [0.15, 0.2) is 0 Å². The summed E-state index contributed by atoms with van der Waals surface area (Å²) in [4.78, 5) is 23.6. The number of ether oxygens (including phenoxy) is 1. The fourth-order valence-corrected chi connectivity index (χ4v) is 2.38. The summed E-state index contributed by atoms with van der Waals surface area (Å²) in [7, 11) is 0. The van der Waals surface area contributed by atoms with Crippen molar-refractivity contribution in [2.75, 3.05) is 11.9 Å². The molecule has 2 aromatic carbocycles. The van der Waals surface area contributed by atoms with Gasteiger partial charge in [-0.3, -0.25) is 9.59 Å². The zero-order valence-electron chi connectivity index (χ0n) is 14.8. The molecule has 0 atom stereocenters. The number of nitrogens with one attached hydrogen (secondary N) is 1. The standard InChI is InChI=1S/C20H24N2O3/c1-13(2)12-25-16-9-7-15(8-10-16)11-19(23)22-18-6-4-5-17(14(18)3)20(21)24/h4-10,13H,11-12H2,1-3H3,(H2,21,24)(H,22,23). The van der Waals surface area contributed by atoms with E-state index in [4.69, 9.17) is 10.5 Å². The lowest BCUT2D eigenvalue weighted by Gasteiger charge is -2.11. The van der Waals surface area contributed by atoms with E-state index in [0.29, 0.717) is 29.3 Å². The van der Waals surface area contributed by atoms with Crippen molar-refractivity contribution in [3.05, 3.63) is 59.2 Å². The van der Waals surface area contributed by atoms with E-state index in [0.717, 1.165) is 11.3 Å². The van der Waals surface area contributed by atoms with Crippen LogP contribution >= 0.6 is 0 Å². The molecule has 5 nitrogen and oxygen atoms in total. The average molecular weight is 340 g/mol. The number of rotatable bonds is 7. The van der Waals surface area contributed by atoms with Crippen LogP contribution in [0.4, 0.5) is 5.69 Å². The number of primary amides is 1. The first-order chi connectivity index (χ1) is 11.9. The quantitative estimate of drug-likeness (QED) is 0.811. The van der Waals surface area contributed by atoms with Gasteiger partial charge in [0, 0.05) is 11.3 Å². The number of amides is 2. The van der Waals surface area contributed by atoms with Crippen molar-refractivity contribution >= 4 is 17.5 Å². The molecule has 0 fully saturated rings. The van der Waals surface area contributed by atoms with Crippen molar-refractivity contribution in [3.8, 4) is 5.75 Å². The minimum Gasteiger partial charge on any atom is -0.493 e. The van der Waals surface area contributed by atoms with Crippen LogP contribution in [-0.4, -0.2) is 18.4 Å². The van der Waals surface area contributed by atoms with E-state index in [9.17, 15) is 9.59 Å². The summed E-state index contributed by atoms with van der Waals surface area (Å²) in [5, 5.41) is 2.83. The number of carbonyl (C=O) groups is 2. The van der Waals surface area contributed by atoms with Crippen molar-refractivity contribution in [2.45, 2.75) is 27.2 Å². The predicted molar refractivity (Wildman–Crippen MR) is 98.8 cm³/mol. The first kappa shape index (κ1) is 18.5. The first-order valence-electron chi connectivity index (χ1n) is 8.28. The van der Waals surface area contributed by atoms with Crippen molar-refractivity contribution < 1.29 is 14.3 Å². The summed E-state index contributed by atoms with van der Waals surface area (Å²) in [6.45, 7) is 6.60. The fraction of sp³-hybridized carbons (Fsp3) is 0.300. The van der Waals surface area contributed by atoms with E-state index in [1.807, 2.05) is 24.3 Å². The van der Waals surface area contributed by atoms with Gasteiger partial charge in [-0.25, -0.2) is 0 Å². The normalized spacial score (nSPS) is 10.6. The molecular formula is C20H24N2O3. The lowest BCUT2D eigenvalue weighted by molar-refractivity contribution is -0.115. The Hall–Kier alpha value is -2.82. The molecule has 2 rings (SSSR count). The zero-order valence-corrected chi connectivity index (χ0v) is 14.8. The highest BCUT2D eigenvalue weighted by atomic mass is 16.5. The molecule has 0 aromatic heterocycles. The molecule has 0 radical (unpaired) electrons. The monoisotopic (exact) mass is 340 g/mol. The molecule has 3 N–H and O–H groups in total. The lowest BCUT2D eigenvalue weighted by Crippen LogP contribution is -2.18. The Morgan fingerprint density at radius 2 is 1.80 bits per heavy atom. The molecule has 2 amide bonds. The zero-order chi connectivity index (χ0) is 18.4. The number of hydrogen-bond acceptors (Lipinski definition) is 3. The molecule has 5 heteroatoms. The molecule has 0 spiro atoms. The summed E-state index contributed by atoms with van der Waals surface area (Å²) in [6.07, 6.45) is 0.241. The van der Waals surface area contributed by atoms with Gasteiger partial charge in [-0.05, 0) is 48.2 Å². The number of carbonyl (C=O) groups excluding carboxylic acids is 2. The van der Waals surface area contributed by atoms with E-state index in [-0.39, 0.29) is 12.3 Å². The number of anilines is 1. The van der Waals surface area contributed by atoms with Crippen LogP contribution in [0.3, 0.4) is 0 Å². The second kappa shape index (κ2) is 8.33. The van der Waals surface area contributed by atoms with Gasteiger partial charge >= 0.3 is 0 Å². The maximum absolute atomic E-state index is 12.3. The van der Waals surface area contributed by atoms with Crippen molar-refractivity contribution in [2.24, 2.45) is 11.7 Å². The number of benzene rings is 2. The lowest BCUT2D eigenvalue weighted by atomic mass is 10.1. The van der Waals surface area contributed by atoms with Crippen LogP contribution in [0, 0.1) is 12.8 Å². The third-order valence-electron chi connectivity index (χ3n) is 3.74. The van der Waals surface area contributed by atoms with E-state index in [1.165, 1.54) is 0 Å². The summed E-state index contributed by atoms with van der Waals surface area (Å²) in [5.41, 5.74) is 7.89. The Morgan fingerprint density at radius 1 is 1.12 bits per heavy atom. The largest absolute Gasteiger partial charge is 0.493 e. The first-order valence-corrected chi connectivity index (χ1v) is 8.28. The van der Waals surface area contributed by atoms with Crippen LogP contribution in [0.1, 0.15) is 35.3 Å². The van der Waals surface area contributed by atoms with Gasteiger partial charge in [-0.1, -0.05) is 32.0 Å². The molecule has 0 aliphatic heterocycles. The average Bonchev–Trinajstić information content (AvgIpc) is 2.55. The summed E-state index contributed by atoms with van der Waals surface area (Å²) in [5.74, 6) is 0.596. The molecule has 0 heterocycles. The maximum Gasteiger partial charge on any atom is 0.249 e. The Morgan fingerprint density at radius 3 is 2.40 bits per heavy atom. The second-order valence-corrected chi connectivity index (χ2v) is 6.42. The molecule has 0 unspecified atom stereocenters. The van der Waals surface area contributed by atoms with Gasteiger partial charge in [-0.15, -0.1) is 0 Å². The molecule has 0 saturated heterocycles. The summed E-state index contributed by atoms with van der Waals surface area (Å²) >= 11 is 0. The fourth-order valence-electron chi connectivity index (χ4n) is 2.38. The maximum atomic E-state index is 12.3. The van der Waals surface area contributed by atoms with E-state index >= 15 is 0 Å². The van der Waals surface area contributed by atoms with Crippen LogP contribution in [0.15, 0.2) is 42.5 Å².